The van der Waals surface area contributed by atoms with Gasteiger partial charge in [0.15, 0.2) is 18.2 Å². The molecule has 3 N–H and O–H groups in total. The second-order valence-corrected chi connectivity index (χ2v) is 3.92. The van der Waals surface area contributed by atoms with Crippen LogP contribution in [-0.2, 0) is 9.63 Å². The number of aromatic nitrogens is 1. The first kappa shape index (κ1) is 13.5. The molecule has 5 nitrogen and oxygen atoms in total. The number of benzene rings is 1. The van der Waals surface area contributed by atoms with Gasteiger partial charge in [0.1, 0.15) is 0 Å². The lowest BCUT2D eigenvalue weighted by atomic mass is 10.2. The highest BCUT2D eigenvalue weighted by molar-refractivity contribution is 5.97. The number of rotatable bonds is 4. The Morgan fingerprint density at radius 2 is 2.00 bits per heavy atom. The molecule has 0 unspecified atom stereocenters. The maximum atomic E-state index is 11.5. The van der Waals surface area contributed by atoms with Crippen LogP contribution in [0.2, 0.25) is 0 Å². The molecule has 0 spiro atoms. The van der Waals surface area contributed by atoms with E-state index in [0.717, 1.165) is 5.56 Å². The van der Waals surface area contributed by atoms with Gasteiger partial charge in [-0.25, -0.2) is 9.78 Å². The second kappa shape index (κ2) is 6.84. The van der Waals surface area contributed by atoms with E-state index in [1.165, 1.54) is 6.08 Å². The Kier molecular flexibility index (Phi) is 4.61. The van der Waals surface area contributed by atoms with E-state index in [2.05, 4.69) is 10.1 Å². The van der Waals surface area contributed by atoms with Crippen molar-refractivity contribution in [3.05, 3.63) is 72.1 Å². The van der Waals surface area contributed by atoms with E-state index in [-0.39, 0.29) is 5.84 Å². The molecule has 0 saturated carbocycles. The summed E-state index contributed by atoms with van der Waals surface area (Å²) < 4.78 is 0. The van der Waals surface area contributed by atoms with Gasteiger partial charge in [-0.2, -0.15) is 0 Å². The first-order valence-electron chi connectivity index (χ1n) is 6.00. The van der Waals surface area contributed by atoms with E-state index in [1.807, 2.05) is 30.3 Å². The van der Waals surface area contributed by atoms with Gasteiger partial charge in [-0.15, -0.1) is 0 Å². The molecule has 1 aromatic heterocycles. The minimum Gasteiger partial charge on any atom is -0.380 e. The predicted molar refractivity (Wildman–Crippen MR) is 75.3 cm³/mol. The highest BCUT2D eigenvalue weighted by Gasteiger charge is 2.02. The van der Waals surface area contributed by atoms with E-state index in [4.69, 9.17) is 10.6 Å². The number of oxime groups is 1. The number of carbonyl (C=O) groups excluding carboxylic acids is 1. The summed E-state index contributed by atoms with van der Waals surface area (Å²) in [7, 11) is 0. The Hall–Kier alpha value is -2.95. The molecule has 2 rings (SSSR count). The van der Waals surface area contributed by atoms with E-state index in [9.17, 15) is 4.79 Å². The molecule has 100 valence electrons. The number of nitrogens with one attached hydrogen (secondary N) is 1. The molecule has 0 saturated heterocycles. The zero-order valence-electron chi connectivity index (χ0n) is 10.7. The molecule has 0 amide bonds. The topological polar surface area (TPSA) is 78.8 Å². The Morgan fingerprint density at radius 3 is 2.70 bits per heavy atom. The van der Waals surface area contributed by atoms with Crippen molar-refractivity contribution in [2.24, 2.45) is 10.9 Å². The van der Waals surface area contributed by atoms with Crippen LogP contribution in [0.4, 0.5) is 0 Å². The Bertz CT molecular complexity index is 622. The standard InChI is InChI=1S/C15H13N3O2/c16-15(13-7-4-10-17-11-13)18-20-14(19)9-8-12-5-2-1-3-6-12/h1-11H,(H2,16,18)/p+1/b9-8+. The van der Waals surface area contributed by atoms with Crippen LogP contribution >= 0.6 is 0 Å². The Balaban J connectivity index is 1.94. The molecule has 5 heteroatoms. The zero-order valence-corrected chi connectivity index (χ0v) is 10.7. The van der Waals surface area contributed by atoms with Gasteiger partial charge in [0.2, 0.25) is 0 Å². The summed E-state index contributed by atoms with van der Waals surface area (Å²) in [5.74, 6) is -0.458. The Morgan fingerprint density at radius 1 is 1.20 bits per heavy atom. The van der Waals surface area contributed by atoms with Crippen LogP contribution in [0.5, 0.6) is 0 Å². The average molecular weight is 268 g/mol. The molecule has 20 heavy (non-hydrogen) atoms. The van der Waals surface area contributed by atoms with Gasteiger partial charge in [-0.1, -0.05) is 35.5 Å². The van der Waals surface area contributed by atoms with Crippen LogP contribution in [0, 0.1) is 0 Å². The summed E-state index contributed by atoms with van der Waals surface area (Å²) in [5.41, 5.74) is 7.23. The number of nitrogens with zero attached hydrogens (tertiary/aromatic N) is 1. The van der Waals surface area contributed by atoms with Gasteiger partial charge >= 0.3 is 5.97 Å². The lowest BCUT2D eigenvalue weighted by Crippen LogP contribution is -2.17. The molecule has 0 fully saturated rings. The van der Waals surface area contributed by atoms with Crippen LogP contribution in [0.15, 0.2) is 66.1 Å². The highest BCUT2D eigenvalue weighted by Crippen LogP contribution is 2.01. The third-order valence-electron chi connectivity index (χ3n) is 2.45. The summed E-state index contributed by atoms with van der Waals surface area (Å²) in [6.07, 6.45) is 6.34. The van der Waals surface area contributed by atoms with Crippen LogP contribution in [0.1, 0.15) is 11.1 Å². The predicted octanol–water partition coefficient (Wildman–Crippen LogP) is 1.38. The van der Waals surface area contributed by atoms with Crippen LogP contribution in [-0.4, -0.2) is 11.8 Å². The molecule has 0 radical (unpaired) electrons. The maximum absolute atomic E-state index is 11.5. The lowest BCUT2D eigenvalue weighted by molar-refractivity contribution is -0.378. The molecular weight excluding hydrogens is 254 g/mol. The number of carbonyl (C=O) groups is 1. The van der Waals surface area contributed by atoms with Gasteiger partial charge in [-0.05, 0) is 17.7 Å². The number of aromatic amines is 1. The van der Waals surface area contributed by atoms with Crippen LogP contribution in [0.25, 0.3) is 6.08 Å². The summed E-state index contributed by atoms with van der Waals surface area (Å²) in [4.78, 5) is 19.0. The fourth-order valence-corrected chi connectivity index (χ4v) is 1.46. The van der Waals surface area contributed by atoms with Crippen molar-refractivity contribution in [1.82, 2.24) is 0 Å². The average Bonchev–Trinajstić information content (AvgIpc) is 2.52. The van der Waals surface area contributed by atoms with Crippen LogP contribution in [0.3, 0.4) is 0 Å². The van der Waals surface area contributed by atoms with Gasteiger partial charge in [0.25, 0.3) is 0 Å². The minimum absolute atomic E-state index is 0.128. The number of amidine groups is 1. The summed E-state index contributed by atoms with van der Waals surface area (Å²) in [5, 5.41) is 3.58. The van der Waals surface area contributed by atoms with Crippen molar-refractivity contribution in [1.29, 1.82) is 0 Å². The number of pyridine rings is 1. The highest BCUT2D eigenvalue weighted by atomic mass is 16.7. The SMILES string of the molecule is NC(=NOC(=O)/C=C/c1ccccc1)c1ccc[nH+]c1. The first-order valence-corrected chi connectivity index (χ1v) is 6.00. The molecule has 0 atom stereocenters. The van der Waals surface area contributed by atoms with Crippen molar-refractivity contribution < 1.29 is 14.6 Å². The molecule has 1 aromatic carbocycles. The number of H-pyrrole nitrogens is 1. The largest absolute Gasteiger partial charge is 0.380 e. The lowest BCUT2D eigenvalue weighted by Gasteiger charge is -1.96. The first-order chi connectivity index (χ1) is 9.75. The minimum atomic E-state index is -0.586. The molecule has 1 heterocycles. The quantitative estimate of drug-likeness (QED) is 0.299. The molecular formula is C15H14N3O2+. The number of nitrogens with two attached hydrogens (primary N) is 1. The fourth-order valence-electron chi connectivity index (χ4n) is 1.46. The monoisotopic (exact) mass is 268 g/mol. The smallest absolute Gasteiger partial charge is 0.358 e. The van der Waals surface area contributed by atoms with Gasteiger partial charge in [0.05, 0.1) is 5.56 Å². The number of hydrogen-bond acceptors (Lipinski definition) is 3. The van der Waals surface area contributed by atoms with Gasteiger partial charge in [-0.3, -0.25) is 0 Å². The van der Waals surface area contributed by atoms with Crippen molar-refractivity contribution in [2.75, 3.05) is 0 Å². The van der Waals surface area contributed by atoms with Crippen molar-refractivity contribution in [3.8, 4) is 0 Å². The van der Waals surface area contributed by atoms with Crippen molar-refractivity contribution in [3.63, 3.8) is 0 Å². The van der Waals surface area contributed by atoms with E-state index < -0.39 is 5.97 Å². The molecule has 0 aliphatic heterocycles. The van der Waals surface area contributed by atoms with Crippen molar-refractivity contribution >= 4 is 17.9 Å². The third kappa shape index (κ3) is 4.06. The molecule has 2 aromatic rings. The maximum Gasteiger partial charge on any atom is 0.358 e. The third-order valence-corrected chi connectivity index (χ3v) is 2.45. The van der Waals surface area contributed by atoms with Crippen LogP contribution < -0.4 is 10.7 Å². The van der Waals surface area contributed by atoms with Gasteiger partial charge in [0, 0.05) is 12.1 Å². The Labute approximate surface area is 116 Å². The second-order valence-electron chi connectivity index (χ2n) is 3.92. The summed E-state index contributed by atoms with van der Waals surface area (Å²) in [6.45, 7) is 0. The normalized spacial score (nSPS) is 11.5. The van der Waals surface area contributed by atoms with Gasteiger partial charge < -0.3 is 10.6 Å². The molecule has 0 bridgehead atoms. The summed E-state index contributed by atoms with van der Waals surface area (Å²) >= 11 is 0. The van der Waals surface area contributed by atoms with E-state index in [1.54, 1.807) is 30.6 Å². The van der Waals surface area contributed by atoms with E-state index >= 15 is 0 Å². The summed E-state index contributed by atoms with van der Waals surface area (Å²) in [6, 6.07) is 12.9. The van der Waals surface area contributed by atoms with E-state index in [0.29, 0.717) is 5.56 Å². The van der Waals surface area contributed by atoms with Crippen molar-refractivity contribution in [2.45, 2.75) is 0 Å². The molecule has 0 aliphatic rings. The zero-order chi connectivity index (χ0) is 14.2. The number of hydrogen-bond donors (Lipinski definition) is 1. The fraction of sp³-hybridized carbons (Fsp3) is 0. The molecule has 0 aliphatic carbocycles.